The Hall–Kier alpha value is 0.160. The van der Waals surface area contributed by atoms with Crippen LogP contribution < -0.4 is 0 Å². The minimum atomic E-state index is -4.56. The molecule has 8 nitrogen and oxygen atoms in total. The third kappa shape index (κ3) is 39.2. The van der Waals surface area contributed by atoms with Gasteiger partial charge in [0, 0.05) is 0 Å². The van der Waals surface area contributed by atoms with Crippen molar-refractivity contribution in [2.45, 2.75) is 90.9 Å². The van der Waals surface area contributed by atoms with Crippen LogP contribution in [0.15, 0.2) is 24.7 Å². The van der Waals surface area contributed by atoms with Gasteiger partial charge in [-0.1, -0.05) is 65.2 Å². The van der Waals surface area contributed by atoms with Crippen molar-refractivity contribution in [1.82, 2.24) is 0 Å². The van der Waals surface area contributed by atoms with Crippen molar-refractivity contribution in [1.29, 1.82) is 0 Å². The van der Waals surface area contributed by atoms with E-state index in [1.807, 2.05) is 0 Å². The van der Waals surface area contributed by atoms with E-state index in [1.165, 1.54) is 38.5 Å². The Labute approximate surface area is 207 Å². The van der Waals surface area contributed by atoms with Crippen molar-refractivity contribution in [3.63, 3.8) is 0 Å². The number of rotatable bonds is 16. The summed E-state index contributed by atoms with van der Waals surface area (Å²) in [4.78, 5) is 0. The molecule has 0 spiro atoms. The fourth-order valence-corrected chi connectivity index (χ4v) is 2.51. The van der Waals surface area contributed by atoms with E-state index in [-0.39, 0.29) is 37.7 Å². The zero-order chi connectivity index (χ0) is 21.7. The van der Waals surface area contributed by atoms with E-state index >= 15 is 0 Å². The van der Waals surface area contributed by atoms with Gasteiger partial charge in [-0.15, -0.1) is 0 Å². The second-order valence-electron chi connectivity index (χ2n) is 6.16. The topological polar surface area (TPSA) is 133 Å². The van der Waals surface area contributed by atoms with Gasteiger partial charge in [-0.05, 0) is 37.8 Å². The van der Waals surface area contributed by atoms with Crippen molar-refractivity contribution in [3.05, 3.63) is 24.7 Å². The van der Waals surface area contributed by atoms with Crippen LogP contribution in [0.1, 0.15) is 90.9 Å². The third-order valence-electron chi connectivity index (χ3n) is 3.49. The summed E-state index contributed by atoms with van der Waals surface area (Å²) in [6.45, 7) is 4.29. The molecule has 0 unspecified atom stereocenters. The van der Waals surface area contributed by atoms with Gasteiger partial charge in [0.05, 0.1) is 0 Å². The minimum absolute atomic E-state index is 0. The molecule has 0 aliphatic carbocycles. The second-order valence-corrected chi connectivity index (χ2v) is 8.18. The number of hydrogen-bond donors (Lipinski definition) is 0. The van der Waals surface area contributed by atoms with E-state index in [0.29, 0.717) is 0 Å². The maximum atomic E-state index is 9.98. The van der Waals surface area contributed by atoms with Crippen molar-refractivity contribution >= 4 is 58.5 Å². The molecule has 168 valence electrons. The molecule has 0 bridgehead atoms. The standard InChI is InChI=1S/2C9H18O4S.Ca/c2*1-2-3-4-5-6-7-8-9-13-14(10,11)12;/h2*8-9H,2-7H2,1H3,(H,10,11,12);/q;;+2/p-2/b2*9-8+;. The zero-order valence-electron chi connectivity index (χ0n) is 17.6. The van der Waals surface area contributed by atoms with Crippen LogP contribution in [0.3, 0.4) is 0 Å². The van der Waals surface area contributed by atoms with E-state index in [4.69, 9.17) is 0 Å². The van der Waals surface area contributed by atoms with Crippen molar-refractivity contribution < 1.29 is 34.3 Å². The van der Waals surface area contributed by atoms with Crippen LogP contribution in [0.4, 0.5) is 0 Å². The van der Waals surface area contributed by atoms with E-state index in [1.54, 1.807) is 12.2 Å². The van der Waals surface area contributed by atoms with E-state index in [2.05, 4.69) is 22.2 Å². The largest absolute Gasteiger partial charge is 2.00 e. The summed E-state index contributed by atoms with van der Waals surface area (Å²) in [7, 11) is -9.12. The molecule has 0 aliphatic rings. The summed E-state index contributed by atoms with van der Waals surface area (Å²) in [6.07, 6.45) is 18.0. The molecule has 0 heterocycles. The van der Waals surface area contributed by atoms with Gasteiger partial charge < -0.3 is 17.5 Å². The molecule has 0 saturated heterocycles. The fourth-order valence-electron chi connectivity index (χ4n) is 2.08. The molecule has 29 heavy (non-hydrogen) atoms. The van der Waals surface area contributed by atoms with Crippen molar-refractivity contribution in [3.8, 4) is 0 Å². The molecule has 0 radical (unpaired) electrons. The SMILES string of the molecule is CCCCCCC/C=C/OS(=O)(=O)[O-].CCCCCCC/C=C/OS(=O)(=O)[O-].[Ca+2]. The van der Waals surface area contributed by atoms with Crippen molar-refractivity contribution in [2.75, 3.05) is 0 Å². The normalized spacial score (nSPS) is 11.7. The Kier molecular flexibility index (Phi) is 26.6. The van der Waals surface area contributed by atoms with Crippen LogP contribution in [0.5, 0.6) is 0 Å². The van der Waals surface area contributed by atoms with Crippen LogP contribution in [0, 0.1) is 0 Å². The first-order chi connectivity index (χ1) is 13.1. The quantitative estimate of drug-likeness (QED) is 0.105. The Balaban J connectivity index is -0.000000451. The maximum Gasteiger partial charge on any atom is 2.00 e. The van der Waals surface area contributed by atoms with Gasteiger partial charge in [0.25, 0.3) is 20.8 Å². The molecule has 0 aromatic heterocycles. The average molecular weight is 483 g/mol. The molecule has 0 aromatic carbocycles. The van der Waals surface area contributed by atoms with Crippen LogP contribution in [-0.4, -0.2) is 63.7 Å². The van der Waals surface area contributed by atoms with Crippen LogP contribution >= 0.6 is 0 Å². The average Bonchev–Trinajstić information content (AvgIpc) is 2.58. The number of unbranched alkanes of at least 4 members (excludes halogenated alkanes) is 10. The smallest absolute Gasteiger partial charge is 0.716 e. The Morgan fingerprint density at radius 2 is 0.931 bits per heavy atom. The van der Waals surface area contributed by atoms with Gasteiger partial charge in [0.1, 0.15) is 12.5 Å². The second kappa shape index (κ2) is 22.8. The zero-order valence-corrected chi connectivity index (χ0v) is 21.4. The van der Waals surface area contributed by atoms with Crippen LogP contribution in [-0.2, 0) is 29.2 Å². The first-order valence-electron chi connectivity index (χ1n) is 9.70. The summed E-state index contributed by atoms with van der Waals surface area (Å²) >= 11 is 0. The number of hydrogen-bond acceptors (Lipinski definition) is 8. The molecule has 0 N–H and O–H groups in total. The van der Waals surface area contributed by atoms with Gasteiger partial charge in [0.15, 0.2) is 0 Å². The van der Waals surface area contributed by atoms with E-state index in [0.717, 1.165) is 51.0 Å². The maximum absolute atomic E-state index is 9.98. The fraction of sp³-hybridized carbons (Fsp3) is 0.778. The molecular weight excluding hydrogens is 448 g/mol. The molecule has 0 aliphatic heterocycles. The molecule has 0 saturated carbocycles. The molecule has 0 fully saturated rings. The van der Waals surface area contributed by atoms with Gasteiger partial charge in [-0.2, -0.15) is 0 Å². The van der Waals surface area contributed by atoms with Crippen LogP contribution in [0.2, 0.25) is 0 Å². The van der Waals surface area contributed by atoms with Gasteiger partial charge in [-0.3, -0.25) is 0 Å². The minimum Gasteiger partial charge on any atom is -0.716 e. The molecule has 0 aromatic rings. The predicted molar refractivity (Wildman–Crippen MR) is 112 cm³/mol. The first-order valence-corrected chi connectivity index (χ1v) is 12.4. The summed E-state index contributed by atoms with van der Waals surface area (Å²) in [5.74, 6) is 0. The van der Waals surface area contributed by atoms with Crippen LogP contribution in [0.25, 0.3) is 0 Å². The third-order valence-corrected chi connectivity index (χ3v) is 4.18. The summed E-state index contributed by atoms with van der Waals surface area (Å²) in [5.41, 5.74) is 0. The monoisotopic (exact) mass is 482 g/mol. The Morgan fingerprint density at radius 3 is 1.21 bits per heavy atom. The van der Waals surface area contributed by atoms with E-state index in [9.17, 15) is 25.9 Å². The molecular formula is C18H34CaO8S2. The Bertz CT molecular complexity index is 547. The summed E-state index contributed by atoms with van der Waals surface area (Å²) < 4.78 is 67.6. The van der Waals surface area contributed by atoms with Gasteiger partial charge in [0.2, 0.25) is 0 Å². The van der Waals surface area contributed by atoms with Gasteiger partial charge >= 0.3 is 37.7 Å². The summed E-state index contributed by atoms with van der Waals surface area (Å²) in [6, 6.07) is 0. The van der Waals surface area contributed by atoms with Gasteiger partial charge in [-0.25, -0.2) is 16.8 Å². The predicted octanol–water partition coefficient (Wildman–Crippen LogP) is 4.29. The van der Waals surface area contributed by atoms with Crippen molar-refractivity contribution in [2.24, 2.45) is 0 Å². The Morgan fingerprint density at radius 1 is 0.621 bits per heavy atom. The first kappa shape index (κ1) is 33.8. The molecule has 0 amide bonds. The van der Waals surface area contributed by atoms with E-state index < -0.39 is 20.8 Å². The summed E-state index contributed by atoms with van der Waals surface area (Å²) in [5, 5.41) is 0. The molecule has 0 rings (SSSR count). The molecule has 0 atom stereocenters. The molecule has 11 heteroatoms. The number of allylic oxidation sites excluding steroid dienone is 2.